The summed E-state index contributed by atoms with van der Waals surface area (Å²) >= 11 is 5.73. The average Bonchev–Trinajstić information content (AvgIpc) is 2.68. The summed E-state index contributed by atoms with van der Waals surface area (Å²) < 4.78 is 94.4. The second-order valence-electron chi connectivity index (χ2n) is 7.28. The standard InChI is InChI=1S/C21H17ClF7NO3/c1-10(20(24,25)26)18(11-2-5-13(22)6-3-11)19(33)30-16-8-12(4-7-15(16)23)14(9-17(31)32)21(27,28)29/h2-8,10,14,18H,9H2,1H3,(H,30,33)(H,31,32). The Labute approximate surface area is 188 Å². The van der Waals surface area contributed by atoms with Crippen molar-refractivity contribution in [2.45, 2.75) is 37.5 Å². The van der Waals surface area contributed by atoms with E-state index in [1.165, 1.54) is 24.3 Å². The number of benzene rings is 2. The molecular weight excluding hydrogens is 483 g/mol. The van der Waals surface area contributed by atoms with Crippen molar-refractivity contribution in [2.24, 2.45) is 5.92 Å². The first kappa shape index (κ1) is 26.4. The van der Waals surface area contributed by atoms with E-state index in [2.05, 4.69) is 0 Å². The molecule has 0 heterocycles. The molecule has 33 heavy (non-hydrogen) atoms. The van der Waals surface area contributed by atoms with Gasteiger partial charge < -0.3 is 10.4 Å². The number of carboxylic acids is 1. The van der Waals surface area contributed by atoms with Gasteiger partial charge >= 0.3 is 18.3 Å². The lowest BCUT2D eigenvalue weighted by Gasteiger charge is -2.26. The number of anilines is 1. The lowest BCUT2D eigenvalue weighted by atomic mass is 9.85. The first-order valence-electron chi connectivity index (χ1n) is 9.32. The maximum absolute atomic E-state index is 14.3. The predicted octanol–water partition coefficient (Wildman–Crippen LogP) is 6.52. The normalized spacial score (nSPS) is 14.9. The van der Waals surface area contributed by atoms with Crippen LogP contribution in [0.3, 0.4) is 0 Å². The maximum atomic E-state index is 14.3. The number of halogens is 8. The van der Waals surface area contributed by atoms with Crippen LogP contribution in [0.2, 0.25) is 5.02 Å². The molecule has 0 aliphatic heterocycles. The van der Waals surface area contributed by atoms with E-state index in [0.717, 1.165) is 6.92 Å². The summed E-state index contributed by atoms with van der Waals surface area (Å²) in [7, 11) is 0. The molecule has 0 bridgehead atoms. The molecule has 2 aromatic rings. The van der Waals surface area contributed by atoms with Crippen LogP contribution in [0.4, 0.5) is 36.4 Å². The van der Waals surface area contributed by atoms with Crippen LogP contribution < -0.4 is 5.32 Å². The highest BCUT2D eigenvalue weighted by atomic mass is 35.5. The van der Waals surface area contributed by atoms with Gasteiger partial charge in [0.1, 0.15) is 5.82 Å². The number of hydrogen-bond donors (Lipinski definition) is 2. The van der Waals surface area contributed by atoms with Crippen molar-refractivity contribution in [2.75, 3.05) is 5.32 Å². The number of carbonyl (C=O) groups excluding carboxylic acids is 1. The smallest absolute Gasteiger partial charge is 0.396 e. The van der Waals surface area contributed by atoms with E-state index in [9.17, 15) is 40.3 Å². The molecule has 0 saturated heterocycles. The van der Waals surface area contributed by atoms with Crippen LogP contribution in [0, 0.1) is 11.7 Å². The fourth-order valence-corrected chi connectivity index (χ4v) is 3.32. The summed E-state index contributed by atoms with van der Waals surface area (Å²) in [6, 6.07) is 6.67. The molecule has 0 aliphatic rings. The molecule has 2 N–H and O–H groups in total. The van der Waals surface area contributed by atoms with Gasteiger partial charge in [-0.2, -0.15) is 26.3 Å². The number of hydrogen-bond acceptors (Lipinski definition) is 2. The van der Waals surface area contributed by atoms with Gasteiger partial charge in [0.25, 0.3) is 0 Å². The summed E-state index contributed by atoms with van der Waals surface area (Å²) in [6.45, 7) is 0.734. The summed E-state index contributed by atoms with van der Waals surface area (Å²) in [5, 5.41) is 10.9. The van der Waals surface area contributed by atoms with Gasteiger partial charge in [0.15, 0.2) is 0 Å². The molecule has 180 valence electrons. The Bertz CT molecular complexity index is 1010. The molecule has 0 fully saturated rings. The van der Waals surface area contributed by atoms with Gasteiger partial charge in [0.2, 0.25) is 5.91 Å². The van der Waals surface area contributed by atoms with Gasteiger partial charge in [0, 0.05) is 5.02 Å². The van der Waals surface area contributed by atoms with Crippen molar-refractivity contribution < 1.29 is 45.4 Å². The lowest BCUT2D eigenvalue weighted by Crippen LogP contribution is -2.34. The van der Waals surface area contributed by atoms with Crippen molar-refractivity contribution in [3.05, 3.63) is 64.4 Å². The number of alkyl halides is 6. The van der Waals surface area contributed by atoms with E-state index in [1.54, 1.807) is 0 Å². The van der Waals surface area contributed by atoms with Crippen LogP contribution in [-0.4, -0.2) is 29.3 Å². The topological polar surface area (TPSA) is 66.4 Å². The second-order valence-corrected chi connectivity index (χ2v) is 7.72. The molecule has 0 aliphatic carbocycles. The van der Waals surface area contributed by atoms with Crippen molar-refractivity contribution in [1.82, 2.24) is 0 Å². The first-order chi connectivity index (χ1) is 15.1. The Morgan fingerprint density at radius 3 is 2.00 bits per heavy atom. The number of aliphatic carboxylic acids is 1. The molecule has 12 heteroatoms. The minimum absolute atomic E-state index is 0.0997. The summed E-state index contributed by atoms with van der Waals surface area (Å²) in [5.41, 5.74) is -1.59. The Morgan fingerprint density at radius 1 is 0.970 bits per heavy atom. The third kappa shape index (κ3) is 6.83. The van der Waals surface area contributed by atoms with Crippen LogP contribution >= 0.6 is 11.6 Å². The summed E-state index contributed by atoms with van der Waals surface area (Å²) in [6.07, 6.45) is -11.2. The first-order valence-corrected chi connectivity index (χ1v) is 9.70. The highest BCUT2D eigenvalue weighted by molar-refractivity contribution is 6.30. The fourth-order valence-electron chi connectivity index (χ4n) is 3.19. The molecule has 0 spiro atoms. The van der Waals surface area contributed by atoms with Crippen LogP contribution in [0.15, 0.2) is 42.5 Å². The monoisotopic (exact) mass is 499 g/mol. The van der Waals surface area contributed by atoms with Crippen LogP contribution in [0.25, 0.3) is 0 Å². The Morgan fingerprint density at radius 2 is 1.52 bits per heavy atom. The van der Waals surface area contributed by atoms with E-state index in [1.807, 2.05) is 5.32 Å². The van der Waals surface area contributed by atoms with Crippen LogP contribution in [-0.2, 0) is 9.59 Å². The molecule has 0 radical (unpaired) electrons. The minimum atomic E-state index is -5.01. The van der Waals surface area contributed by atoms with Gasteiger partial charge in [-0.25, -0.2) is 4.39 Å². The predicted molar refractivity (Wildman–Crippen MR) is 105 cm³/mol. The number of nitrogens with one attached hydrogen (secondary N) is 1. The Kier molecular flexibility index (Phi) is 8.00. The fraction of sp³-hybridized carbons (Fsp3) is 0.333. The van der Waals surface area contributed by atoms with Crippen molar-refractivity contribution in [3.63, 3.8) is 0 Å². The zero-order valence-corrected chi connectivity index (χ0v) is 17.5. The average molecular weight is 500 g/mol. The zero-order valence-electron chi connectivity index (χ0n) is 16.8. The Balaban J connectivity index is 2.46. The summed E-state index contributed by atoms with van der Waals surface area (Å²) in [4.78, 5) is 23.6. The van der Waals surface area contributed by atoms with Gasteiger partial charge in [-0.05, 0) is 35.4 Å². The second kappa shape index (κ2) is 9.98. The lowest BCUT2D eigenvalue weighted by molar-refractivity contribution is -0.178. The van der Waals surface area contributed by atoms with Crippen LogP contribution in [0.5, 0.6) is 0 Å². The van der Waals surface area contributed by atoms with Gasteiger partial charge in [-0.1, -0.05) is 36.7 Å². The van der Waals surface area contributed by atoms with E-state index in [-0.39, 0.29) is 10.6 Å². The van der Waals surface area contributed by atoms with Crippen LogP contribution in [0.1, 0.15) is 36.3 Å². The van der Waals surface area contributed by atoms with Crippen molar-refractivity contribution in [3.8, 4) is 0 Å². The number of carbonyl (C=O) groups is 2. The molecule has 3 unspecified atom stereocenters. The highest BCUT2D eigenvalue weighted by Gasteiger charge is 2.45. The maximum Gasteiger partial charge on any atom is 0.396 e. The number of amides is 1. The molecular formula is C21H17ClF7NO3. The van der Waals surface area contributed by atoms with E-state index < -0.39 is 65.5 Å². The largest absolute Gasteiger partial charge is 0.481 e. The number of rotatable bonds is 7. The SMILES string of the molecule is CC(C(C(=O)Nc1cc(C(CC(=O)O)C(F)(F)F)ccc1F)c1ccc(Cl)cc1)C(F)(F)F. The van der Waals surface area contributed by atoms with Gasteiger partial charge in [-0.15, -0.1) is 0 Å². The van der Waals surface area contributed by atoms with E-state index >= 15 is 0 Å². The number of carboxylic acid groups (broad SMARTS) is 1. The molecule has 0 saturated carbocycles. The quantitative estimate of drug-likeness (QED) is 0.426. The highest BCUT2D eigenvalue weighted by Crippen LogP contribution is 2.40. The molecule has 0 aromatic heterocycles. The zero-order chi connectivity index (χ0) is 25.1. The van der Waals surface area contributed by atoms with Gasteiger partial charge in [0.05, 0.1) is 29.9 Å². The Hall–Kier alpha value is -2.82. The van der Waals surface area contributed by atoms with Crippen molar-refractivity contribution >= 4 is 29.2 Å². The molecule has 4 nitrogen and oxygen atoms in total. The minimum Gasteiger partial charge on any atom is -0.481 e. The molecule has 2 aromatic carbocycles. The van der Waals surface area contributed by atoms with E-state index in [0.29, 0.717) is 18.2 Å². The third-order valence-corrected chi connectivity index (χ3v) is 5.20. The molecule has 1 amide bonds. The third-order valence-electron chi connectivity index (χ3n) is 4.95. The summed E-state index contributed by atoms with van der Waals surface area (Å²) in [5.74, 6) is -10.9. The van der Waals surface area contributed by atoms with Gasteiger partial charge in [-0.3, -0.25) is 9.59 Å². The molecule has 2 rings (SSSR count). The van der Waals surface area contributed by atoms with E-state index in [4.69, 9.17) is 16.7 Å². The van der Waals surface area contributed by atoms with Crippen molar-refractivity contribution in [1.29, 1.82) is 0 Å². The molecule has 3 atom stereocenters.